The van der Waals surface area contributed by atoms with Crippen molar-refractivity contribution >= 4 is 28.0 Å². The van der Waals surface area contributed by atoms with Crippen molar-refractivity contribution in [2.75, 3.05) is 19.6 Å². The Hall–Kier alpha value is -4.71. The molecule has 470 valence electrons. The lowest BCUT2D eigenvalue weighted by Gasteiger charge is -2.44. The summed E-state index contributed by atoms with van der Waals surface area (Å²) in [5.41, 5.74) is -14.3. The molecule has 83 heavy (non-hydrogen) atoms. The van der Waals surface area contributed by atoms with Crippen LogP contribution in [0.15, 0.2) is 0 Å². The monoisotopic (exact) mass is 1230 g/mol. The van der Waals surface area contributed by atoms with Crippen LogP contribution >= 0.6 is 0 Å². The molecule has 0 bridgehead atoms. The quantitative estimate of drug-likeness (QED) is 0.0154. The van der Waals surface area contributed by atoms with Crippen molar-refractivity contribution in [2.24, 2.45) is 0 Å². The molecule has 1 N–H and O–H groups in total. The zero-order valence-electron chi connectivity index (χ0n) is 46.2. The summed E-state index contributed by atoms with van der Waals surface area (Å²) in [5.74, 6) is -71.4. The fourth-order valence-corrected chi connectivity index (χ4v) is 10.6. The first-order valence-electron chi connectivity index (χ1n) is 28.3. The predicted molar refractivity (Wildman–Crippen MR) is 271 cm³/mol. The minimum atomic E-state index is -7.22. The molecule has 0 spiro atoms. The number of unbranched alkanes of at least 4 members (excludes halogenated alkanes) is 26. The van der Waals surface area contributed by atoms with Gasteiger partial charge in [0.15, 0.2) is 76.4 Å². The Morgan fingerprint density at radius 1 is 0.229 bits per heavy atom. The second-order valence-electron chi connectivity index (χ2n) is 21.0. The van der Waals surface area contributed by atoms with Gasteiger partial charge in [-0.1, -0.05) is 168 Å². The van der Waals surface area contributed by atoms with Gasteiger partial charge < -0.3 is 4.90 Å². The van der Waals surface area contributed by atoms with Gasteiger partial charge in [-0.25, -0.2) is 87.8 Å². The van der Waals surface area contributed by atoms with Crippen LogP contribution in [0.1, 0.15) is 194 Å². The Kier molecular flexibility index (Phi) is 30.6. The molecule has 0 unspecified atom stereocenters. The third-order valence-corrected chi connectivity index (χ3v) is 14.9. The van der Waals surface area contributed by atoms with Crippen molar-refractivity contribution < 1.29 is 106 Å². The Labute approximate surface area is 468 Å². The van der Waals surface area contributed by atoms with E-state index in [0.717, 1.165) is 30.6 Å². The van der Waals surface area contributed by atoms with Gasteiger partial charge in [0.1, 0.15) is 52.7 Å². The van der Waals surface area contributed by atoms with Crippen molar-refractivity contribution in [1.82, 2.24) is 0 Å². The van der Waals surface area contributed by atoms with E-state index >= 15 is 35.1 Å². The maximum atomic E-state index is 15.4. The molecule has 0 heterocycles. The Bertz CT molecular complexity index is 2260. The minimum absolute atomic E-state index is 0.649. The molecular weight excluding hydrogens is 1160 g/mol. The van der Waals surface area contributed by atoms with Crippen LogP contribution in [0.3, 0.4) is 0 Å². The molecule has 0 aliphatic carbocycles. The summed E-state index contributed by atoms with van der Waals surface area (Å²) in [6, 6.07) is 0. The molecule has 4 aromatic carbocycles. The first-order chi connectivity index (χ1) is 39.2. The van der Waals surface area contributed by atoms with E-state index in [0.29, 0.717) is 13.1 Å². The third kappa shape index (κ3) is 18.9. The number of quaternary nitrogens is 1. The van der Waals surface area contributed by atoms with Gasteiger partial charge >= 0.3 is 6.18 Å². The van der Waals surface area contributed by atoms with Crippen molar-refractivity contribution in [2.45, 2.75) is 200 Å². The summed E-state index contributed by atoms with van der Waals surface area (Å²) in [6.07, 6.45) is 25.0. The molecule has 0 amide bonds. The largest absolute Gasteiger partial charge is 0.438 e. The molecule has 0 saturated heterocycles. The van der Waals surface area contributed by atoms with Crippen molar-refractivity contribution in [1.29, 1.82) is 0 Å². The molecule has 0 aromatic heterocycles. The second kappa shape index (κ2) is 35.1. The van der Waals surface area contributed by atoms with Gasteiger partial charge in [0, 0.05) is 0 Å². The van der Waals surface area contributed by atoms with Gasteiger partial charge in [-0.3, -0.25) is 0 Å². The summed E-state index contributed by atoms with van der Waals surface area (Å²) in [5, 5.41) is 0. The van der Waals surface area contributed by atoms with E-state index in [9.17, 15) is 65.9 Å². The average Bonchev–Trinajstić information content (AvgIpc) is 1.24. The fraction of sp³-hybridized carbons (Fsp3) is 0.586. The highest BCUT2D eigenvalue weighted by Gasteiger charge is 2.52. The lowest BCUT2D eigenvalue weighted by Crippen LogP contribution is -3.13. The van der Waals surface area contributed by atoms with Crippen LogP contribution in [0.5, 0.6) is 0 Å². The van der Waals surface area contributed by atoms with Crippen molar-refractivity contribution in [3.8, 4) is 0 Å². The molecular formula is C58H69BF23N. The van der Waals surface area contributed by atoms with E-state index in [1.54, 1.807) is 0 Å². The number of halogens is 23. The smallest absolute Gasteiger partial charge is 0.327 e. The molecule has 0 fully saturated rings. The normalized spacial score (nSPS) is 12.1. The zero-order valence-corrected chi connectivity index (χ0v) is 46.2. The molecule has 0 atom stereocenters. The van der Waals surface area contributed by atoms with Crippen LogP contribution in [0, 0.1) is 116 Å². The van der Waals surface area contributed by atoms with E-state index in [2.05, 4.69) is 13.8 Å². The molecule has 4 rings (SSSR count). The Morgan fingerprint density at radius 2 is 0.373 bits per heavy atom. The molecule has 0 radical (unpaired) electrons. The summed E-state index contributed by atoms with van der Waals surface area (Å²) in [6.45, 7) is 5.26. The lowest BCUT2D eigenvalue weighted by atomic mass is 9.12. The second-order valence-corrected chi connectivity index (χ2v) is 21.0. The van der Waals surface area contributed by atoms with Crippen LogP contribution in [0.25, 0.3) is 0 Å². The number of benzene rings is 4. The minimum Gasteiger partial charge on any atom is -0.327 e. The molecule has 0 aliphatic heterocycles. The zero-order chi connectivity index (χ0) is 62.4. The van der Waals surface area contributed by atoms with Crippen molar-refractivity contribution in [3.63, 3.8) is 0 Å². The summed E-state index contributed by atoms with van der Waals surface area (Å²) in [7, 11) is 0. The highest BCUT2D eigenvalue weighted by molar-refractivity contribution is 7.20. The maximum Gasteiger partial charge on any atom is 0.438 e. The van der Waals surface area contributed by atoms with Crippen LogP contribution in [-0.2, 0) is 0 Å². The number of nitrogens with one attached hydrogen (secondary N) is 1. The first kappa shape index (κ1) is 72.6. The van der Waals surface area contributed by atoms with E-state index < -0.39 is 157 Å². The predicted octanol–water partition coefficient (Wildman–Crippen LogP) is 17.2. The van der Waals surface area contributed by atoms with Gasteiger partial charge in [-0.15, -0.1) is 21.9 Å². The van der Waals surface area contributed by atoms with Gasteiger partial charge in [0.25, 0.3) is 0 Å². The number of rotatable bonds is 35. The molecule has 25 heteroatoms. The average molecular weight is 1230 g/mol. The fourth-order valence-electron chi connectivity index (χ4n) is 10.6. The van der Waals surface area contributed by atoms with Gasteiger partial charge in [0.2, 0.25) is 0 Å². The molecule has 4 aromatic rings. The van der Waals surface area contributed by atoms with E-state index in [1.807, 2.05) is 0 Å². The molecule has 0 aliphatic rings. The number of hydrogen-bond acceptors (Lipinski definition) is 0. The first-order valence-corrected chi connectivity index (χ1v) is 28.3. The summed E-state index contributed by atoms with van der Waals surface area (Å²) < 4.78 is 333. The van der Waals surface area contributed by atoms with Gasteiger partial charge in [-0.2, -0.15) is 13.2 Å². The van der Waals surface area contributed by atoms with Crippen LogP contribution < -0.4 is 26.8 Å². The molecule has 0 saturated carbocycles. The Morgan fingerprint density at radius 3 is 0.530 bits per heavy atom. The number of hydrogen-bond donors (Lipinski definition) is 1. The summed E-state index contributed by atoms with van der Waals surface area (Å²) in [4.78, 5) is 0.760. The van der Waals surface area contributed by atoms with Gasteiger partial charge in [0.05, 0.1) is 13.1 Å². The highest BCUT2D eigenvalue weighted by atomic mass is 19.4. The summed E-state index contributed by atoms with van der Waals surface area (Å²) >= 11 is 0. The highest BCUT2D eigenvalue weighted by Crippen LogP contribution is 2.31. The van der Waals surface area contributed by atoms with Crippen LogP contribution in [-0.4, -0.2) is 32.0 Å². The van der Waals surface area contributed by atoms with Crippen molar-refractivity contribution in [3.05, 3.63) is 116 Å². The van der Waals surface area contributed by atoms with E-state index in [4.69, 9.17) is 0 Å². The maximum absolute atomic E-state index is 15.4. The van der Waals surface area contributed by atoms with E-state index in [-0.39, 0.29) is 0 Å². The van der Waals surface area contributed by atoms with Crippen LogP contribution in [0.4, 0.5) is 101 Å². The SMILES string of the molecule is CCCCCCCCCCCCCCCC[NH+](CCCCCCCCCCCCCCCC)CC(F)(F)F.Fc1c(F)c(F)c([B-](c2c(F)c(F)c(F)c(F)c2F)(c2c(F)c(F)c(F)c(F)c2F)c2c(F)c(F)c(F)c(F)c2F)c(F)c1F. The topological polar surface area (TPSA) is 4.44 Å². The van der Waals surface area contributed by atoms with Crippen LogP contribution in [0.2, 0.25) is 0 Å². The standard InChI is InChI=1S/C34H68F3N.C24BF20/c1-3-5-7-9-11-13-15-17-19-21-23-25-27-29-31-38(33-34(35,36)37)32-30-28-26-24-22-20-18-16-14-12-10-8-6-4-2;26-5-1(6(27)14(35)21(42)13(5)34)25(2-7(28)15(36)22(43)16(37)8(2)29,3-9(30)17(38)23(44)18(39)10(3)31)4-11(32)19(40)24(45)20(41)12(4)33/h3-33H2,1-2H3;/q;-1/p+1. The number of alkyl halides is 3. The Balaban J connectivity index is 0.000000443. The van der Waals surface area contributed by atoms with Gasteiger partial charge in [-0.05, 0) is 25.7 Å². The lowest BCUT2D eigenvalue weighted by molar-refractivity contribution is -0.911. The third-order valence-electron chi connectivity index (χ3n) is 14.9. The van der Waals surface area contributed by atoms with E-state index in [1.165, 1.54) is 154 Å². The molecule has 1 nitrogen and oxygen atoms in total.